The summed E-state index contributed by atoms with van der Waals surface area (Å²) in [4.78, 5) is 53.1. The maximum absolute atomic E-state index is 13.6. The number of benzene rings is 2. The number of imide groups is 1. The van der Waals surface area contributed by atoms with Crippen LogP contribution in [0.15, 0.2) is 47.4 Å². The van der Waals surface area contributed by atoms with Gasteiger partial charge in [-0.1, -0.05) is 24.3 Å². The molecule has 15 heteroatoms. The van der Waals surface area contributed by atoms with E-state index >= 15 is 0 Å². The maximum Gasteiger partial charge on any atom is 0.420 e. The van der Waals surface area contributed by atoms with Gasteiger partial charge in [-0.25, -0.2) is 19.3 Å². The molecule has 0 aliphatic heterocycles. The van der Waals surface area contributed by atoms with E-state index in [4.69, 9.17) is 19.9 Å². The minimum absolute atomic E-state index is 0.0319. The summed E-state index contributed by atoms with van der Waals surface area (Å²) in [6.07, 6.45) is -6.60. The zero-order valence-corrected chi connectivity index (χ0v) is 29.7. The van der Waals surface area contributed by atoms with Crippen molar-refractivity contribution >= 4 is 41.8 Å². The van der Waals surface area contributed by atoms with Gasteiger partial charge in [0.25, 0.3) is 0 Å². The number of rotatable bonds is 8. The van der Waals surface area contributed by atoms with Crippen molar-refractivity contribution in [3.63, 3.8) is 0 Å². The molecule has 0 aliphatic rings. The Morgan fingerprint density at radius 1 is 0.812 bits per heavy atom. The number of ether oxygens (including phenoxy) is 3. The van der Waals surface area contributed by atoms with Crippen LogP contribution in [-0.2, 0) is 37.3 Å². The van der Waals surface area contributed by atoms with Gasteiger partial charge in [0, 0.05) is 5.69 Å². The minimum atomic E-state index is -4.66. The Hall–Kier alpha value is -4.14. The van der Waals surface area contributed by atoms with Crippen LogP contribution in [0.2, 0.25) is 0 Å². The number of esters is 1. The number of urea groups is 1. The Labute approximate surface area is 283 Å². The molecule has 0 fully saturated rings. The number of halogens is 3. The fourth-order valence-electron chi connectivity index (χ4n) is 3.89. The number of alkyl halides is 3. The first-order valence-corrected chi connectivity index (χ1v) is 15.7. The molecular weight excluding hydrogens is 653 g/mol. The number of nitrogen functional groups attached to an aromatic ring is 1. The van der Waals surface area contributed by atoms with Gasteiger partial charge >= 0.3 is 30.4 Å². The van der Waals surface area contributed by atoms with Gasteiger partial charge in [-0.3, -0.25) is 9.52 Å². The molecule has 48 heavy (non-hydrogen) atoms. The molecule has 1 unspecified atom stereocenters. The van der Waals surface area contributed by atoms with E-state index in [1.807, 2.05) is 0 Å². The number of nitrogens with one attached hydrogen (secondary N) is 2. The molecule has 2 aromatic carbocycles. The maximum atomic E-state index is 13.6. The third-order valence-corrected chi connectivity index (χ3v) is 7.24. The summed E-state index contributed by atoms with van der Waals surface area (Å²) < 4.78 is 59.5. The molecule has 0 aromatic heterocycles. The highest BCUT2D eigenvalue weighted by Crippen LogP contribution is 2.33. The molecule has 4 amide bonds. The molecule has 0 aliphatic carbocycles. The second-order valence-electron chi connectivity index (χ2n) is 14.3. The summed E-state index contributed by atoms with van der Waals surface area (Å²) in [5.74, 6) is -0.626. The lowest BCUT2D eigenvalue weighted by molar-refractivity contribution is -0.155. The van der Waals surface area contributed by atoms with Crippen molar-refractivity contribution in [1.82, 2.24) is 14.9 Å². The number of nitrogens with zero attached hydrogens (tertiary/aromatic N) is 1. The van der Waals surface area contributed by atoms with Crippen LogP contribution < -0.4 is 15.8 Å². The van der Waals surface area contributed by atoms with Crippen LogP contribution >= 0.6 is 11.9 Å². The first-order chi connectivity index (χ1) is 21.7. The van der Waals surface area contributed by atoms with E-state index in [1.165, 1.54) is 25.1 Å². The van der Waals surface area contributed by atoms with Crippen LogP contribution in [0.4, 0.5) is 33.2 Å². The van der Waals surface area contributed by atoms with E-state index in [0.717, 1.165) is 29.0 Å². The van der Waals surface area contributed by atoms with Gasteiger partial charge in [-0.15, -0.1) is 0 Å². The van der Waals surface area contributed by atoms with Crippen LogP contribution in [0.5, 0.6) is 0 Å². The first-order valence-electron chi connectivity index (χ1n) is 14.9. The average Bonchev–Trinajstić information content (AvgIpc) is 2.91. The van der Waals surface area contributed by atoms with Crippen LogP contribution in [0, 0.1) is 5.41 Å². The zero-order valence-electron chi connectivity index (χ0n) is 28.9. The fraction of sp³-hybridized carbons (Fsp3) is 0.515. The van der Waals surface area contributed by atoms with Gasteiger partial charge in [0.1, 0.15) is 17.8 Å². The van der Waals surface area contributed by atoms with Gasteiger partial charge in [-0.05, 0) is 111 Å². The number of anilines is 1. The molecule has 0 heterocycles. The Morgan fingerprint density at radius 3 is 1.83 bits per heavy atom. The molecule has 4 N–H and O–H groups in total. The Balaban J connectivity index is 2.40. The van der Waals surface area contributed by atoms with Gasteiger partial charge in [0.05, 0.1) is 28.0 Å². The van der Waals surface area contributed by atoms with Crippen molar-refractivity contribution in [2.24, 2.45) is 5.41 Å². The SMILES string of the molecule is CC(C)(C)OC(=O)N(Cc1cccc(N)c1SNC(=O)NC(C)(COC(=O)C(C)(C)C)c1cccc(C(F)(F)F)c1)C(=O)OC(C)(C)C. The van der Waals surface area contributed by atoms with Gasteiger partial charge < -0.3 is 25.3 Å². The monoisotopic (exact) mass is 698 g/mol. The normalized spacial score (nSPS) is 13.5. The van der Waals surface area contributed by atoms with Crippen molar-refractivity contribution in [3.05, 3.63) is 59.2 Å². The molecule has 11 nitrogen and oxygen atoms in total. The predicted molar refractivity (Wildman–Crippen MR) is 176 cm³/mol. The van der Waals surface area contributed by atoms with Gasteiger partial charge in [0.15, 0.2) is 0 Å². The molecule has 2 aromatic rings. The van der Waals surface area contributed by atoms with E-state index in [2.05, 4.69) is 10.0 Å². The third kappa shape index (κ3) is 12.1. The Kier molecular flexibility index (Phi) is 12.5. The highest BCUT2D eigenvalue weighted by atomic mass is 32.2. The Bertz CT molecular complexity index is 1470. The van der Waals surface area contributed by atoms with E-state index in [0.29, 0.717) is 5.56 Å². The molecule has 0 radical (unpaired) electrons. The fourth-order valence-corrected chi connectivity index (χ4v) is 4.59. The second-order valence-corrected chi connectivity index (χ2v) is 15.1. The highest BCUT2D eigenvalue weighted by Gasteiger charge is 2.37. The molecule has 2 rings (SSSR count). The van der Waals surface area contributed by atoms with Crippen molar-refractivity contribution < 1.29 is 46.6 Å². The molecular formula is C33H45F3N4O7S. The van der Waals surface area contributed by atoms with Crippen LogP contribution in [0.1, 0.15) is 85.9 Å². The van der Waals surface area contributed by atoms with E-state index in [1.54, 1.807) is 74.4 Å². The quantitative estimate of drug-likeness (QED) is 0.109. The lowest BCUT2D eigenvalue weighted by atomic mass is 9.91. The second kappa shape index (κ2) is 15.0. The smallest absolute Gasteiger partial charge is 0.420 e. The summed E-state index contributed by atoms with van der Waals surface area (Å²) in [6.45, 7) is 15.3. The molecule has 1 atom stereocenters. The Morgan fingerprint density at radius 2 is 1.33 bits per heavy atom. The lowest BCUT2D eigenvalue weighted by Gasteiger charge is -2.32. The third-order valence-electron chi connectivity index (χ3n) is 6.25. The zero-order chi connectivity index (χ0) is 36.9. The minimum Gasteiger partial charge on any atom is -0.462 e. The molecule has 0 saturated carbocycles. The average molecular weight is 699 g/mol. The van der Waals surface area contributed by atoms with E-state index in [-0.39, 0.29) is 22.7 Å². The number of carbonyl (C=O) groups is 4. The van der Waals surface area contributed by atoms with Crippen molar-refractivity contribution in [2.75, 3.05) is 12.3 Å². The van der Waals surface area contributed by atoms with E-state index in [9.17, 15) is 32.3 Å². The number of nitrogens with two attached hydrogens (primary N) is 1. The summed E-state index contributed by atoms with van der Waals surface area (Å²) in [5, 5.41) is 2.62. The van der Waals surface area contributed by atoms with Crippen LogP contribution in [0.3, 0.4) is 0 Å². The summed E-state index contributed by atoms with van der Waals surface area (Å²) in [5.41, 5.74) is 1.45. The molecule has 266 valence electrons. The highest BCUT2D eigenvalue weighted by molar-refractivity contribution is 7.98. The summed E-state index contributed by atoms with van der Waals surface area (Å²) >= 11 is 0.740. The molecule has 0 spiro atoms. The lowest BCUT2D eigenvalue weighted by Crippen LogP contribution is -2.50. The van der Waals surface area contributed by atoms with Crippen molar-refractivity contribution in [3.8, 4) is 0 Å². The topological polar surface area (TPSA) is 149 Å². The number of amides is 4. The molecule has 0 saturated heterocycles. The van der Waals surface area contributed by atoms with Crippen molar-refractivity contribution in [1.29, 1.82) is 0 Å². The van der Waals surface area contributed by atoms with Gasteiger partial charge in [0.2, 0.25) is 0 Å². The summed E-state index contributed by atoms with van der Waals surface area (Å²) in [7, 11) is 0. The standard InChI is InChI=1S/C33H45F3N4O7S/c1-29(2,3)25(41)45-19-32(10,21-14-12-15-22(17-21)33(34,35)36)38-26(42)39-48-24-20(13-11-16-23(24)37)18-40(27(43)46-30(4,5)6)28(44)47-31(7,8)9/h11-17H,18-19,37H2,1-10H3,(H2,38,39,42). The predicted octanol–water partition coefficient (Wildman–Crippen LogP) is 7.77. The van der Waals surface area contributed by atoms with Crippen LogP contribution in [0.25, 0.3) is 0 Å². The molecule has 0 bridgehead atoms. The number of carbonyl (C=O) groups excluding carboxylic acids is 4. The largest absolute Gasteiger partial charge is 0.462 e. The summed E-state index contributed by atoms with van der Waals surface area (Å²) in [6, 6.07) is 8.17. The first kappa shape index (κ1) is 40.0. The number of hydrogen-bond donors (Lipinski definition) is 3. The van der Waals surface area contributed by atoms with Crippen molar-refractivity contribution in [2.45, 2.75) is 104 Å². The van der Waals surface area contributed by atoms with E-state index < -0.39 is 64.7 Å². The van der Waals surface area contributed by atoms with Crippen LogP contribution in [-0.4, -0.2) is 46.9 Å². The van der Waals surface area contributed by atoms with Gasteiger partial charge in [-0.2, -0.15) is 13.2 Å². The number of hydrogen-bond acceptors (Lipinski definition) is 9.